The van der Waals surface area contributed by atoms with Gasteiger partial charge in [-0.05, 0) is 24.0 Å². The third-order valence-corrected chi connectivity index (χ3v) is 2.65. The fraction of sp³-hybridized carbons (Fsp3) is 0.533. The summed E-state index contributed by atoms with van der Waals surface area (Å²) >= 11 is 0. The van der Waals surface area contributed by atoms with Crippen LogP contribution in [0.5, 0.6) is 0 Å². The van der Waals surface area contributed by atoms with Crippen LogP contribution in [0.4, 0.5) is 5.69 Å². The van der Waals surface area contributed by atoms with Crippen molar-refractivity contribution in [1.82, 2.24) is 0 Å². The monoisotopic (exact) mass is 249 g/mol. The first kappa shape index (κ1) is 14.6. The van der Waals surface area contributed by atoms with Gasteiger partial charge in [0.25, 0.3) is 0 Å². The zero-order valence-electron chi connectivity index (χ0n) is 11.7. The highest BCUT2D eigenvalue weighted by Gasteiger charge is 2.17. The topological polar surface area (TPSA) is 40.5 Å². The molecular weight excluding hydrogens is 226 g/mol. The van der Waals surface area contributed by atoms with Crippen molar-refractivity contribution in [3.05, 3.63) is 29.8 Å². The van der Waals surface area contributed by atoms with Gasteiger partial charge in [-0.15, -0.1) is 0 Å². The highest BCUT2D eigenvalue weighted by molar-refractivity contribution is 5.94. The average Bonchev–Trinajstić information content (AvgIpc) is 2.26. The van der Waals surface area contributed by atoms with Crippen molar-refractivity contribution in [2.45, 2.75) is 27.7 Å². The molecule has 0 bridgehead atoms. The first-order valence-electron chi connectivity index (χ1n) is 6.49. The summed E-state index contributed by atoms with van der Waals surface area (Å²) in [6.07, 6.45) is 0. The number of hydrogen-bond donors (Lipinski definition) is 1. The molecule has 0 aromatic heterocycles. The predicted molar refractivity (Wildman–Crippen MR) is 75.3 cm³/mol. The van der Waals surface area contributed by atoms with Crippen LogP contribution >= 0.6 is 0 Å². The number of benzene rings is 1. The van der Waals surface area contributed by atoms with Gasteiger partial charge in [0.15, 0.2) is 0 Å². The molecule has 100 valence electrons. The number of carboxylic acids is 1. The predicted octanol–water partition coefficient (Wildman–Crippen LogP) is 3.50. The van der Waals surface area contributed by atoms with E-state index in [1.807, 2.05) is 12.1 Å². The van der Waals surface area contributed by atoms with Crippen molar-refractivity contribution >= 4 is 11.7 Å². The summed E-state index contributed by atoms with van der Waals surface area (Å²) in [4.78, 5) is 13.5. The van der Waals surface area contributed by atoms with Crippen LogP contribution in [0.25, 0.3) is 0 Å². The maximum atomic E-state index is 11.3. The lowest BCUT2D eigenvalue weighted by Crippen LogP contribution is -2.32. The van der Waals surface area contributed by atoms with Gasteiger partial charge < -0.3 is 10.0 Å². The maximum Gasteiger partial charge on any atom is 0.337 e. The summed E-state index contributed by atoms with van der Waals surface area (Å²) in [7, 11) is 0. The number of carbonyl (C=O) groups is 1. The van der Waals surface area contributed by atoms with Gasteiger partial charge in [-0.2, -0.15) is 0 Å². The lowest BCUT2D eigenvalue weighted by molar-refractivity contribution is 0.0697. The van der Waals surface area contributed by atoms with Crippen molar-refractivity contribution < 1.29 is 9.90 Å². The molecule has 0 unspecified atom stereocenters. The minimum atomic E-state index is -0.858. The van der Waals surface area contributed by atoms with Crippen LogP contribution in [0.3, 0.4) is 0 Å². The molecule has 0 saturated carbocycles. The van der Waals surface area contributed by atoms with Crippen molar-refractivity contribution in [3.8, 4) is 0 Å². The Kier molecular flexibility index (Phi) is 5.20. The van der Waals surface area contributed by atoms with Crippen LogP contribution in [0.15, 0.2) is 24.3 Å². The smallest absolute Gasteiger partial charge is 0.337 e. The number of nitrogens with zero attached hydrogens (tertiary/aromatic N) is 1. The Morgan fingerprint density at radius 1 is 1.11 bits per heavy atom. The Hall–Kier alpha value is -1.51. The summed E-state index contributed by atoms with van der Waals surface area (Å²) in [5.41, 5.74) is 1.21. The molecule has 18 heavy (non-hydrogen) atoms. The summed E-state index contributed by atoms with van der Waals surface area (Å²) in [5, 5.41) is 9.26. The molecule has 0 radical (unpaired) electrons. The third kappa shape index (κ3) is 4.06. The molecule has 1 aromatic carbocycles. The lowest BCUT2D eigenvalue weighted by Gasteiger charge is -2.29. The van der Waals surface area contributed by atoms with E-state index in [1.54, 1.807) is 12.1 Å². The van der Waals surface area contributed by atoms with Crippen LogP contribution in [-0.4, -0.2) is 24.2 Å². The van der Waals surface area contributed by atoms with Gasteiger partial charge in [0.05, 0.1) is 11.3 Å². The second kappa shape index (κ2) is 6.43. The van der Waals surface area contributed by atoms with Gasteiger partial charge in [-0.3, -0.25) is 0 Å². The Labute approximate surface area is 109 Å². The molecule has 0 amide bonds. The van der Waals surface area contributed by atoms with E-state index in [0.717, 1.165) is 18.8 Å². The van der Waals surface area contributed by atoms with Crippen LogP contribution in [0.2, 0.25) is 0 Å². The van der Waals surface area contributed by atoms with Gasteiger partial charge in [0.2, 0.25) is 0 Å². The second-order valence-electron chi connectivity index (χ2n) is 5.51. The maximum absolute atomic E-state index is 11.3. The van der Waals surface area contributed by atoms with Crippen molar-refractivity contribution in [1.29, 1.82) is 0 Å². The molecule has 0 spiro atoms. The van der Waals surface area contributed by atoms with E-state index >= 15 is 0 Å². The molecule has 0 atom stereocenters. The minimum Gasteiger partial charge on any atom is -0.478 e. The first-order valence-corrected chi connectivity index (χ1v) is 6.49. The molecule has 0 heterocycles. The fourth-order valence-corrected chi connectivity index (χ4v) is 2.08. The molecule has 1 N–H and O–H groups in total. The Balaban J connectivity index is 3.07. The van der Waals surface area contributed by atoms with Crippen LogP contribution in [-0.2, 0) is 0 Å². The Bertz CT molecular complexity index is 389. The molecule has 3 nitrogen and oxygen atoms in total. The van der Waals surface area contributed by atoms with E-state index in [1.165, 1.54) is 0 Å². The molecule has 0 saturated heterocycles. The van der Waals surface area contributed by atoms with Gasteiger partial charge >= 0.3 is 5.97 Å². The number of aromatic carboxylic acids is 1. The summed E-state index contributed by atoms with van der Waals surface area (Å²) in [6, 6.07) is 7.24. The van der Waals surface area contributed by atoms with Crippen molar-refractivity contribution in [3.63, 3.8) is 0 Å². The second-order valence-corrected chi connectivity index (χ2v) is 5.51. The van der Waals surface area contributed by atoms with Gasteiger partial charge in [-0.1, -0.05) is 39.8 Å². The molecule has 0 aliphatic rings. The normalized spacial score (nSPS) is 11.0. The number of para-hydroxylation sites is 1. The SMILES string of the molecule is CC(C)CN(CC(C)C)c1ccccc1C(=O)O. The summed E-state index contributed by atoms with van der Waals surface area (Å²) < 4.78 is 0. The van der Waals surface area contributed by atoms with Crippen LogP contribution in [0, 0.1) is 11.8 Å². The average molecular weight is 249 g/mol. The van der Waals surface area contributed by atoms with E-state index in [-0.39, 0.29) is 0 Å². The number of anilines is 1. The van der Waals surface area contributed by atoms with Gasteiger partial charge in [0.1, 0.15) is 0 Å². The zero-order chi connectivity index (χ0) is 13.7. The van der Waals surface area contributed by atoms with Crippen molar-refractivity contribution in [2.24, 2.45) is 11.8 Å². The molecule has 0 aliphatic heterocycles. The standard InChI is InChI=1S/C15H23NO2/c1-11(2)9-16(10-12(3)4)14-8-6-5-7-13(14)15(17)18/h5-8,11-12H,9-10H2,1-4H3,(H,17,18). The zero-order valence-corrected chi connectivity index (χ0v) is 11.7. The van der Waals surface area contributed by atoms with E-state index in [2.05, 4.69) is 32.6 Å². The highest BCUT2D eigenvalue weighted by Crippen LogP contribution is 2.22. The molecule has 1 rings (SSSR count). The highest BCUT2D eigenvalue weighted by atomic mass is 16.4. The molecular formula is C15H23NO2. The number of carboxylic acid groups (broad SMARTS) is 1. The summed E-state index contributed by atoms with van der Waals surface area (Å²) in [6.45, 7) is 10.4. The van der Waals surface area contributed by atoms with Gasteiger partial charge in [0, 0.05) is 13.1 Å². The van der Waals surface area contributed by atoms with Gasteiger partial charge in [-0.25, -0.2) is 4.79 Å². The lowest BCUT2D eigenvalue weighted by atomic mass is 10.1. The summed E-state index contributed by atoms with van der Waals surface area (Å²) in [5.74, 6) is 0.152. The molecule has 1 aromatic rings. The Morgan fingerprint density at radius 3 is 2.06 bits per heavy atom. The van der Waals surface area contributed by atoms with E-state index < -0.39 is 5.97 Å². The minimum absolute atomic E-state index is 0.388. The molecule has 3 heteroatoms. The van der Waals surface area contributed by atoms with Crippen LogP contribution < -0.4 is 4.90 Å². The number of rotatable bonds is 6. The van der Waals surface area contributed by atoms with Crippen molar-refractivity contribution in [2.75, 3.05) is 18.0 Å². The molecule has 0 fully saturated rings. The largest absolute Gasteiger partial charge is 0.478 e. The fourth-order valence-electron chi connectivity index (χ4n) is 2.08. The van der Waals surface area contributed by atoms with E-state index in [9.17, 15) is 9.90 Å². The van der Waals surface area contributed by atoms with Crippen LogP contribution in [0.1, 0.15) is 38.1 Å². The quantitative estimate of drug-likeness (QED) is 0.838. The Morgan fingerprint density at radius 2 is 1.61 bits per heavy atom. The van der Waals surface area contributed by atoms with E-state index in [0.29, 0.717) is 17.4 Å². The van der Waals surface area contributed by atoms with E-state index in [4.69, 9.17) is 0 Å². The molecule has 0 aliphatic carbocycles. The first-order chi connectivity index (χ1) is 8.41. The number of hydrogen-bond acceptors (Lipinski definition) is 2. The third-order valence-electron chi connectivity index (χ3n) is 2.65.